The number of fused-ring (bicyclic) bond motifs is 1. The lowest BCUT2D eigenvalue weighted by Crippen LogP contribution is -2.17. The highest BCUT2D eigenvalue weighted by atomic mass is 32.2. The predicted molar refractivity (Wildman–Crippen MR) is 129 cm³/mol. The van der Waals surface area contributed by atoms with E-state index in [1.807, 2.05) is 11.8 Å². The standard InChI is InChI=1S/C27H30N2S/c1-27(2,3)22-12-14-24(15-13-22)30-26-11-7-5-9-21(26)19-28-17-16-23-18-20-8-4-6-10-25(20)29-23/h4-15,18,28-29H,16-17,19H2,1-3H3. The van der Waals surface area contributed by atoms with Crippen LogP contribution in [0.1, 0.15) is 37.6 Å². The van der Waals surface area contributed by atoms with Gasteiger partial charge in [0.25, 0.3) is 0 Å². The monoisotopic (exact) mass is 414 g/mol. The third kappa shape index (κ3) is 5.16. The summed E-state index contributed by atoms with van der Waals surface area (Å²) in [6.45, 7) is 8.60. The van der Waals surface area contributed by atoms with Crippen LogP contribution in [0.5, 0.6) is 0 Å². The highest BCUT2D eigenvalue weighted by molar-refractivity contribution is 7.99. The molecule has 0 aliphatic heterocycles. The number of hydrogen-bond acceptors (Lipinski definition) is 2. The van der Waals surface area contributed by atoms with Crippen molar-refractivity contribution < 1.29 is 0 Å². The minimum Gasteiger partial charge on any atom is -0.358 e. The number of H-pyrrole nitrogens is 1. The predicted octanol–water partition coefficient (Wildman–Crippen LogP) is 6.95. The average Bonchev–Trinajstić information content (AvgIpc) is 3.15. The zero-order valence-electron chi connectivity index (χ0n) is 18.0. The van der Waals surface area contributed by atoms with Gasteiger partial charge in [-0.25, -0.2) is 0 Å². The Hall–Kier alpha value is -2.49. The molecule has 0 bridgehead atoms. The molecule has 0 aliphatic carbocycles. The van der Waals surface area contributed by atoms with Gasteiger partial charge < -0.3 is 10.3 Å². The molecule has 1 heterocycles. The van der Waals surface area contributed by atoms with Gasteiger partial charge in [0, 0.05) is 34.1 Å². The largest absolute Gasteiger partial charge is 0.358 e. The molecule has 0 radical (unpaired) electrons. The van der Waals surface area contributed by atoms with Gasteiger partial charge in [-0.2, -0.15) is 0 Å². The van der Waals surface area contributed by atoms with E-state index in [4.69, 9.17) is 0 Å². The van der Waals surface area contributed by atoms with Gasteiger partial charge >= 0.3 is 0 Å². The van der Waals surface area contributed by atoms with E-state index < -0.39 is 0 Å². The van der Waals surface area contributed by atoms with Gasteiger partial charge in [0.15, 0.2) is 0 Å². The van der Waals surface area contributed by atoms with Crippen LogP contribution in [-0.4, -0.2) is 11.5 Å². The average molecular weight is 415 g/mol. The summed E-state index contributed by atoms with van der Waals surface area (Å²) in [4.78, 5) is 6.11. The van der Waals surface area contributed by atoms with Crippen molar-refractivity contribution >= 4 is 22.7 Å². The van der Waals surface area contributed by atoms with Gasteiger partial charge in [-0.1, -0.05) is 81.1 Å². The van der Waals surface area contributed by atoms with Gasteiger partial charge in [0.2, 0.25) is 0 Å². The Kier molecular flexibility index (Phi) is 6.31. The van der Waals surface area contributed by atoms with Crippen LogP contribution >= 0.6 is 11.8 Å². The van der Waals surface area contributed by atoms with E-state index in [-0.39, 0.29) is 5.41 Å². The Balaban J connectivity index is 1.35. The number of para-hydroxylation sites is 1. The Morgan fingerprint density at radius 1 is 0.867 bits per heavy atom. The van der Waals surface area contributed by atoms with E-state index in [0.29, 0.717) is 0 Å². The van der Waals surface area contributed by atoms with Crippen molar-refractivity contribution in [1.82, 2.24) is 10.3 Å². The van der Waals surface area contributed by atoms with Crippen molar-refractivity contribution in [3.8, 4) is 0 Å². The molecular weight excluding hydrogens is 384 g/mol. The molecule has 0 fully saturated rings. The lowest BCUT2D eigenvalue weighted by atomic mass is 9.87. The van der Waals surface area contributed by atoms with E-state index in [2.05, 4.69) is 110 Å². The number of rotatable bonds is 7. The van der Waals surface area contributed by atoms with Crippen LogP contribution in [0.3, 0.4) is 0 Å². The smallest absolute Gasteiger partial charge is 0.0456 e. The molecule has 3 heteroatoms. The second-order valence-electron chi connectivity index (χ2n) is 8.79. The van der Waals surface area contributed by atoms with Crippen LogP contribution in [0.15, 0.2) is 88.7 Å². The van der Waals surface area contributed by atoms with Crippen molar-refractivity contribution in [3.05, 3.63) is 95.7 Å². The molecule has 2 nitrogen and oxygen atoms in total. The molecule has 30 heavy (non-hydrogen) atoms. The molecule has 0 saturated heterocycles. The summed E-state index contributed by atoms with van der Waals surface area (Å²) in [5, 5.41) is 4.90. The Morgan fingerprint density at radius 3 is 2.37 bits per heavy atom. The van der Waals surface area contributed by atoms with Crippen LogP contribution in [0.4, 0.5) is 0 Å². The fourth-order valence-electron chi connectivity index (χ4n) is 3.61. The van der Waals surface area contributed by atoms with Gasteiger partial charge in [-0.15, -0.1) is 0 Å². The molecule has 0 atom stereocenters. The van der Waals surface area contributed by atoms with Crippen molar-refractivity contribution in [2.75, 3.05) is 6.54 Å². The third-order valence-electron chi connectivity index (χ3n) is 5.39. The molecule has 0 aliphatic rings. The Bertz CT molecular complexity index is 1070. The highest BCUT2D eigenvalue weighted by Gasteiger charge is 2.13. The van der Waals surface area contributed by atoms with Crippen LogP contribution < -0.4 is 5.32 Å². The molecular formula is C27H30N2S. The van der Waals surface area contributed by atoms with Gasteiger partial charge in [-0.3, -0.25) is 0 Å². The van der Waals surface area contributed by atoms with Crippen LogP contribution in [-0.2, 0) is 18.4 Å². The number of aromatic nitrogens is 1. The second kappa shape index (κ2) is 9.11. The van der Waals surface area contributed by atoms with E-state index in [1.54, 1.807) is 0 Å². The summed E-state index contributed by atoms with van der Waals surface area (Å²) in [6, 6.07) is 28.4. The SMILES string of the molecule is CC(C)(C)c1ccc(Sc2ccccc2CNCCc2cc3ccccc3[nH]2)cc1. The number of hydrogen-bond donors (Lipinski definition) is 2. The molecule has 0 unspecified atom stereocenters. The molecule has 0 spiro atoms. The van der Waals surface area contributed by atoms with E-state index in [1.165, 1.54) is 37.5 Å². The zero-order valence-corrected chi connectivity index (χ0v) is 18.9. The lowest BCUT2D eigenvalue weighted by molar-refractivity contribution is 0.590. The van der Waals surface area contributed by atoms with E-state index in [9.17, 15) is 0 Å². The summed E-state index contributed by atoms with van der Waals surface area (Å²) in [7, 11) is 0. The molecule has 154 valence electrons. The Labute approximate surface area is 184 Å². The molecule has 4 rings (SSSR count). The van der Waals surface area contributed by atoms with Crippen molar-refractivity contribution in [2.45, 2.75) is 48.9 Å². The maximum Gasteiger partial charge on any atom is 0.0456 e. The van der Waals surface area contributed by atoms with Gasteiger partial charge in [0.1, 0.15) is 0 Å². The van der Waals surface area contributed by atoms with Crippen molar-refractivity contribution in [1.29, 1.82) is 0 Å². The minimum absolute atomic E-state index is 0.190. The molecule has 0 saturated carbocycles. The zero-order chi connectivity index (χ0) is 21.0. The molecule has 2 N–H and O–H groups in total. The van der Waals surface area contributed by atoms with E-state index >= 15 is 0 Å². The maximum absolute atomic E-state index is 3.62. The second-order valence-corrected chi connectivity index (χ2v) is 9.91. The van der Waals surface area contributed by atoms with Crippen molar-refractivity contribution in [3.63, 3.8) is 0 Å². The molecule has 1 aromatic heterocycles. The molecule has 0 amide bonds. The number of nitrogens with one attached hydrogen (secondary N) is 2. The third-order valence-corrected chi connectivity index (χ3v) is 6.52. The van der Waals surface area contributed by atoms with Gasteiger partial charge in [-0.05, 0) is 58.7 Å². The van der Waals surface area contributed by atoms with E-state index in [0.717, 1.165) is 19.5 Å². The fourth-order valence-corrected chi connectivity index (χ4v) is 4.56. The first-order chi connectivity index (χ1) is 14.5. The van der Waals surface area contributed by atoms with Crippen LogP contribution in [0.25, 0.3) is 10.9 Å². The highest BCUT2D eigenvalue weighted by Crippen LogP contribution is 2.32. The maximum atomic E-state index is 3.62. The Morgan fingerprint density at radius 2 is 1.60 bits per heavy atom. The quantitative estimate of drug-likeness (QED) is 0.320. The first kappa shape index (κ1) is 20.8. The number of aromatic amines is 1. The first-order valence-electron chi connectivity index (χ1n) is 10.6. The van der Waals surface area contributed by atoms with Crippen LogP contribution in [0, 0.1) is 0 Å². The lowest BCUT2D eigenvalue weighted by Gasteiger charge is -2.19. The number of benzene rings is 3. The van der Waals surface area contributed by atoms with Crippen LogP contribution in [0.2, 0.25) is 0 Å². The summed E-state index contributed by atoms with van der Waals surface area (Å²) >= 11 is 1.84. The van der Waals surface area contributed by atoms with Crippen molar-refractivity contribution in [2.24, 2.45) is 0 Å². The fraction of sp³-hybridized carbons (Fsp3) is 0.259. The minimum atomic E-state index is 0.190. The molecule has 3 aromatic carbocycles. The summed E-state index contributed by atoms with van der Waals surface area (Å²) in [6.07, 6.45) is 0.998. The van der Waals surface area contributed by atoms with Gasteiger partial charge in [0.05, 0.1) is 0 Å². The molecule has 4 aromatic rings. The first-order valence-corrected chi connectivity index (χ1v) is 11.4. The topological polar surface area (TPSA) is 27.8 Å². The summed E-state index contributed by atoms with van der Waals surface area (Å²) in [5.74, 6) is 0. The normalized spacial score (nSPS) is 11.8. The summed E-state index contributed by atoms with van der Waals surface area (Å²) < 4.78 is 0. The summed E-state index contributed by atoms with van der Waals surface area (Å²) in [5.41, 5.74) is 5.41.